The number of furan rings is 1. The zero-order chi connectivity index (χ0) is 18.4. The lowest BCUT2D eigenvalue weighted by atomic mass is 10.1. The predicted molar refractivity (Wildman–Crippen MR) is 97.3 cm³/mol. The molecule has 2 amide bonds. The third-order valence-electron chi connectivity index (χ3n) is 3.47. The first-order valence-electron chi connectivity index (χ1n) is 7.84. The van der Waals surface area contributed by atoms with Crippen molar-refractivity contribution >= 4 is 23.6 Å². The van der Waals surface area contributed by atoms with Crippen LogP contribution in [0.25, 0.3) is 6.08 Å². The molecular weight excluding hydrogens is 332 g/mol. The SMILES string of the molecule is O=C(Nc1ccccc1)C(=Cc1ccc(O)cc1)NC(=O)c1ccco1. The predicted octanol–water partition coefficient (Wildman–Crippen LogP) is 3.39. The van der Waals surface area contributed by atoms with E-state index in [1.165, 1.54) is 30.5 Å². The monoisotopic (exact) mass is 348 g/mol. The lowest BCUT2D eigenvalue weighted by molar-refractivity contribution is -0.113. The number of benzene rings is 2. The molecular formula is C20H16N2O4. The first kappa shape index (κ1) is 17.0. The van der Waals surface area contributed by atoms with Crippen LogP contribution >= 0.6 is 0 Å². The van der Waals surface area contributed by atoms with Crippen molar-refractivity contribution in [2.24, 2.45) is 0 Å². The first-order valence-corrected chi connectivity index (χ1v) is 7.84. The second kappa shape index (κ2) is 7.85. The lowest BCUT2D eigenvalue weighted by Gasteiger charge is -2.10. The number of anilines is 1. The normalized spacial score (nSPS) is 11.0. The van der Waals surface area contributed by atoms with E-state index in [9.17, 15) is 14.7 Å². The fourth-order valence-electron chi connectivity index (χ4n) is 2.21. The molecule has 0 saturated heterocycles. The van der Waals surface area contributed by atoms with Crippen LogP contribution < -0.4 is 10.6 Å². The second-order valence-electron chi connectivity index (χ2n) is 5.40. The van der Waals surface area contributed by atoms with Gasteiger partial charge in [-0.3, -0.25) is 9.59 Å². The van der Waals surface area contributed by atoms with Crippen molar-refractivity contribution in [3.05, 3.63) is 90.0 Å². The molecule has 130 valence electrons. The summed E-state index contributed by atoms with van der Waals surface area (Å²) in [6.07, 6.45) is 2.89. The Hall–Kier alpha value is -3.80. The Bertz CT molecular complexity index is 914. The smallest absolute Gasteiger partial charge is 0.291 e. The Balaban J connectivity index is 1.86. The molecule has 0 aliphatic carbocycles. The van der Waals surface area contributed by atoms with E-state index in [1.807, 2.05) is 6.07 Å². The maximum absolute atomic E-state index is 12.6. The summed E-state index contributed by atoms with van der Waals surface area (Å²) in [5, 5.41) is 14.7. The zero-order valence-electron chi connectivity index (χ0n) is 13.7. The zero-order valence-corrected chi connectivity index (χ0v) is 13.7. The maximum Gasteiger partial charge on any atom is 0.291 e. The fraction of sp³-hybridized carbons (Fsp3) is 0. The van der Waals surface area contributed by atoms with E-state index in [1.54, 1.807) is 42.5 Å². The molecule has 0 bridgehead atoms. The summed E-state index contributed by atoms with van der Waals surface area (Å²) in [5.74, 6) is -0.821. The molecule has 2 aromatic carbocycles. The third kappa shape index (κ3) is 4.39. The van der Waals surface area contributed by atoms with Crippen molar-refractivity contribution in [1.82, 2.24) is 5.32 Å². The Kier molecular flexibility index (Phi) is 5.14. The minimum absolute atomic E-state index is 0.0425. The van der Waals surface area contributed by atoms with Gasteiger partial charge in [-0.2, -0.15) is 0 Å². The fourth-order valence-corrected chi connectivity index (χ4v) is 2.21. The van der Waals surface area contributed by atoms with Crippen molar-refractivity contribution < 1.29 is 19.1 Å². The summed E-state index contributed by atoms with van der Waals surface area (Å²) >= 11 is 0. The van der Waals surface area contributed by atoms with Gasteiger partial charge in [-0.05, 0) is 48.0 Å². The highest BCUT2D eigenvalue weighted by atomic mass is 16.3. The van der Waals surface area contributed by atoms with E-state index >= 15 is 0 Å². The molecule has 1 heterocycles. The third-order valence-corrected chi connectivity index (χ3v) is 3.47. The van der Waals surface area contributed by atoms with Crippen LogP contribution in [0.2, 0.25) is 0 Å². The van der Waals surface area contributed by atoms with Crippen molar-refractivity contribution in [3.8, 4) is 5.75 Å². The summed E-state index contributed by atoms with van der Waals surface area (Å²) < 4.78 is 5.06. The van der Waals surface area contributed by atoms with Gasteiger partial charge < -0.3 is 20.2 Å². The average Bonchev–Trinajstić information content (AvgIpc) is 3.18. The highest BCUT2D eigenvalue weighted by Crippen LogP contribution is 2.14. The van der Waals surface area contributed by atoms with Crippen molar-refractivity contribution in [2.45, 2.75) is 0 Å². The van der Waals surface area contributed by atoms with Gasteiger partial charge >= 0.3 is 0 Å². The van der Waals surface area contributed by atoms with E-state index in [4.69, 9.17) is 4.42 Å². The number of carbonyl (C=O) groups is 2. The van der Waals surface area contributed by atoms with E-state index in [0.29, 0.717) is 11.3 Å². The van der Waals surface area contributed by atoms with Crippen molar-refractivity contribution in [1.29, 1.82) is 0 Å². The number of aromatic hydroxyl groups is 1. The molecule has 0 spiro atoms. The lowest BCUT2D eigenvalue weighted by Crippen LogP contribution is -2.30. The minimum Gasteiger partial charge on any atom is -0.508 e. The highest BCUT2D eigenvalue weighted by Gasteiger charge is 2.16. The van der Waals surface area contributed by atoms with Gasteiger partial charge in [0.05, 0.1) is 6.26 Å². The molecule has 3 rings (SSSR count). The van der Waals surface area contributed by atoms with Crippen molar-refractivity contribution in [2.75, 3.05) is 5.32 Å². The topological polar surface area (TPSA) is 91.6 Å². The average molecular weight is 348 g/mol. The van der Waals surface area contributed by atoms with Crippen LogP contribution in [0.3, 0.4) is 0 Å². The highest BCUT2D eigenvalue weighted by molar-refractivity contribution is 6.10. The molecule has 0 saturated carbocycles. The maximum atomic E-state index is 12.6. The van der Waals surface area contributed by atoms with E-state index in [2.05, 4.69) is 10.6 Å². The van der Waals surface area contributed by atoms with Crippen LogP contribution in [-0.4, -0.2) is 16.9 Å². The van der Waals surface area contributed by atoms with Gasteiger partial charge in [0.15, 0.2) is 5.76 Å². The molecule has 0 fully saturated rings. The number of rotatable bonds is 5. The van der Waals surface area contributed by atoms with Crippen LogP contribution in [0, 0.1) is 0 Å². The number of hydrogen-bond acceptors (Lipinski definition) is 4. The van der Waals surface area contributed by atoms with Gasteiger partial charge in [-0.25, -0.2) is 0 Å². The molecule has 26 heavy (non-hydrogen) atoms. The second-order valence-corrected chi connectivity index (χ2v) is 5.40. The Labute approximate surface area is 149 Å². The Morgan fingerprint density at radius 3 is 2.31 bits per heavy atom. The standard InChI is InChI=1S/C20H16N2O4/c23-16-10-8-14(9-11-16)13-17(22-20(25)18-7-4-12-26-18)19(24)21-15-5-2-1-3-6-15/h1-13,23H,(H,21,24)(H,22,25). The van der Waals surface area contributed by atoms with Crippen LogP contribution in [0.4, 0.5) is 5.69 Å². The Morgan fingerprint density at radius 1 is 0.923 bits per heavy atom. The van der Waals surface area contributed by atoms with E-state index in [0.717, 1.165) is 0 Å². The van der Waals surface area contributed by atoms with Gasteiger partial charge in [0, 0.05) is 5.69 Å². The molecule has 0 unspecified atom stereocenters. The van der Waals surface area contributed by atoms with Gasteiger partial charge in [-0.1, -0.05) is 30.3 Å². The molecule has 1 aromatic heterocycles. The van der Waals surface area contributed by atoms with Gasteiger partial charge in [0.2, 0.25) is 0 Å². The van der Waals surface area contributed by atoms with Crippen LogP contribution in [0.5, 0.6) is 5.75 Å². The Morgan fingerprint density at radius 2 is 1.65 bits per heavy atom. The molecule has 3 aromatic rings. The van der Waals surface area contributed by atoms with Crippen molar-refractivity contribution in [3.63, 3.8) is 0 Å². The largest absolute Gasteiger partial charge is 0.508 e. The summed E-state index contributed by atoms with van der Waals surface area (Å²) in [7, 11) is 0. The number of phenols is 1. The number of carbonyl (C=O) groups excluding carboxylic acids is 2. The molecule has 3 N–H and O–H groups in total. The quantitative estimate of drug-likeness (QED) is 0.616. The number of amides is 2. The summed E-state index contributed by atoms with van der Waals surface area (Å²) in [5.41, 5.74) is 1.28. The summed E-state index contributed by atoms with van der Waals surface area (Å²) in [6, 6.07) is 18.2. The number of nitrogens with one attached hydrogen (secondary N) is 2. The summed E-state index contributed by atoms with van der Waals surface area (Å²) in [4.78, 5) is 24.9. The van der Waals surface area contributed by atoms with E-state index < -0.39 is 11.8 Å². The minimum atomic E-state index is -0.539. The summed E-state index contributed by atoms with van der Waals surface area (Å²) in [6.45, 7) is 0. The first-order chi connectivity index (χ1) is 12.6. The molecule has 0 aliphatic heterocycles. The number of para-hydroxylation sites is 1. The molecule has 0 atom stereocenters. The number of phenolic OH excluding ortho intramolecular Hbond substituents is 1. The molecule has 0 aliphatic rings. The van der Waals surface area contributed by atoms with Gasteiger partial charge in [0.1, 0.15) is 11.4 Å². The number of hydrogen-bond donors (Lipinski definition) is 3. The molecule has 0 radical (unpaired) electrons. The molecule has 6 heteroatoms. The van der Waals surface area contributed by atoms with E-state index in [-0.39, 0.29) is 17.2 Å². The molecule has 6 nitrogen and oxygen atoms in total. The van der Waals surface area contributed by atoms with Crippen LogP contribution in [0.15, 0.2) is 83.1 Å². The van der Waals surface area contributed by atoms with Crippen LogP contribution in [0.1, 0.15) is 16.1 Å². The van der Waals surface area contributed by atoms with Gasteiger partial charge in [0.25, 0.3) is 11.8 Å². The van der Waals surface area contributed by atoms with Crippen LogP contribution in [-0.2, 0) is 4.79 Å². The van der Waals surface area contributed by atoms with Gasteiger partial charge in [-0.15, -0.1) is 0 Å².